The molecular weight excluding hydrogens is 224 g/mol. The third-order valence-corrected chi connectivity index (χ3v) is 4.10. The Hall–Kier alpha value is -1.06. The van der Waals surface area contributed by atoms with Crippen molar-refractivity contribution in [2.75, 3.05) is 33.8 Å². The van der Waals surface area contributed by atoms with E-state index in [4.69, 9.17) is 10.5 Å². The smallest absolute Gasteiger partial charge is 0.121 e. The van der Waals surface area contributed by atoms with Crippen LogP contribution in [0.2, 0.25) is 0 Å². The van der Waals surface area contributed by atoms with Gasteiger partial charge in [0.2, 0.25) is 0 Å². The fraction of sp³-hybridized carbons (Fsp3) is 0.600. The second-order valence-corrected chi connectivity index (χ2v) is 5.38. The Bertz CT molecular complexity index is 405. The van der Waals surface area contributed by atoms with Crippen molar-refractivity contribution in [3.05, 3.63) is 29.3 Å². The molecule has 1 aliphatic rings. The van der Waals surface area contributed by atoms with Crippen LogP contribution >= 0.6 is 0 Å². The minimum Gasteiger partial charge on any atom is -0.496 e. The summed E-state index contributed by atoms with van der Waals surface area (Å²) in [5.74, 6) is 2.12. The number of ether oxygens (including phenoxy) is 1. The summed E-state index contributed by atoms with van der Waals surface area (Å²) in [6, 6.07) is 6.46. The number of methoxy groups -OCH3 is 1. The van der Waals surface area contributed by atoms with Gasteiger partial charge in [-0.3, -0.25) is 0 Å². The Morgan fingerprint density at radius 1 is 1.50 bits per heavy atom. The van der Waals surface area contributed by atoms with Gasteiger partial charge in [0.25, 0.3) is 0 Å². The minimum atomic E-state index is 0.472. The van der Waals surface area contributed by atoms with E-state index < -0.39 is 0 Å². The van der Waals surface area contributed by atoms with Crippen molar-refractivity contribution in [3.63, 3.8) is 0 Å². The van der Waals surface area contributed by atoms with Gasteiger partial charge in [-0.05, 0) is 56.6 Å². The standard InChI is InChI=1S/C15H24N2O/c1-11-8-12(4-5-15(11)18-3)14(9-16)13-6-7-17(2)10-13/h4-5,8,13-14H,6-7,9-10,16H2,1-3H3. The predicted molar refractivity (Wildman–Crippen MR) is 75.1 cm³/mol. The summed E-state index contributed by atoms with van der Waals surface area (Å²) in [6.07, 6.45) is 1.25. The molecule has 18 heavy (non-hydrogen) atoms. The molecule has 2 rings (SSSR count). The van der Waals surface area contributed by atoms with Gasteiger partial charge >= 0.3 is 0 Å². The van der Waals surface area contributed by atoms with Crippen molar-refractivity contribution >= 4 is 0 Å². The van der Waals surface area contributed by atoms with Crippen LogP contribution in [0.25, 0.3) is 0 Å². The molecule has 0 spiro atoms. The van der Waals surface area contributed by atoms with Gasteiger partial charge in [0.15, 0.2) is 0 Å². The first-order valence-electron chi connectivity index (χ1n) is 6.69. The average Bonchev–Trinajstić information content (AvgIpc) is 2.77. The monoisotopic (exact) mass is 248 g/mol. The predicted octanol–water partition coefficient (Wildman–Crippen LogP) is 2.00. The third-order valence-electron chi connectivity index (χ3n) is 4.10. The van der Waals surface area contributed by atoms with E-state index >= 15 is 0 Å². The van der Waals surface area contributed by atoms with Gasteiger partial charge in [0, 0.05) is 12.5 Å². The van der Waals surface area contributed by atoms with Gasteiger partial charge in [-0.15, -0.1) is 0 Å². The normalized spacial score (nSPS) is 22.1. The van der Waals surface area contributed by atoms with E-state index in [-0.39, 0.29) is 0 Å². The van der Waals surface area contributed by atoms with Crippen molar-refractivity contribution in [3.8, 4) is 5.75 Å². The molecule has 2 unspecified atom stereocenters. The number of hydrogen-bond acceptors (Lipinski definition) is 3. The molecule has 0 radical (unpaired) electrons. The molecule has 1 heterocycles. The highest BCUT2D eigenvalue weighted by Gasteiger charge is 2.28. The Morgan fingerprint density at radius 3 is 2.78 bits per heavy atom. The van der Waals surface area contributed by atoms with Gasteiger partial charge in [0.1, 0.15) is 5.75 Å². The highest BCUT2D eigenvalue weighted by molar-refractivity contribution is 5.38. The average molecular weight is 248 g/mol. The SMILES string of the molecule is COc1ccc(C(CN)C2CCN(C)C2)cc1C. The Morgan fingerprint density at radius 2 is 2.28 bits per heavy atom. The number of benzene rings is 1. The van der Waals surface area contributed by atoms with Crippen LogP contribution < -0.4 is 10.5 Å². The van der Waals surface area contributed by atoms with Gasteiger partial charge in [-0.1, -0.05) is 12.1 Å². The molecule has 0 saturated carbocycles. The van der Waals surface area contributed by atoms with Crippen molar-refractivity contribution in [1.29, 1.82) is 0 Å². The molecule has 1 aliphatic heterocycles. The second kappa shape index (κ2) is 5.72. The lowest BCUT2D eigenvalue weighted by atomic mass is 9.85. The first-order chi connectivity index (χ1) is 8.65. The van der Waals surface area contributed by atoms with Crippen LogP contribution in [0.3, 0.4) is 0 Å². The molecule has 1 aromatic carbocycles. The summed E-state index contributed by atoms with van der Waals surface area (Å²) >= 11 is 0. The van der Waals surface area contributed by atoms with Crippen molar-refractivity contribution in [2.45, 2.75) is 19.3 Å². The molecule has 3 nitrogen and oxygen atoms in total. The van der Waals surface area contributed by atoms with Gasteiger partial charge in [-0.2, -0.15) is 0 Å². The molecule has 2 N–H and O–H groups in total. The van der Waals surface area contributed by atoms with E-state index in [0.717, 1.165) is 18.8 Å². The zero-order valence-electron chi connectivity index (χ0n) is 11.6. The first-order valence-corrected chi connectivity index (χ1v) is 6.69. The Kier molecular flexibility index (Phi) is 4.25. The zero-order chi connectivity index (χ0) is 13.1. The number of rotatable bonds is 4. The van der Waals surface area contributed by atoms with Gasteiger partial charge in [-0.25, -0.2) is 0 Å². The van der Waals surface area contributed by atoms with Gasteiger partial charge < -0.3 is 15.4 Å². The molecule has 0 aromatic heterocycles. The van der Waals surface area contributed by atoms with E-state index in [0.29, 0.717) is 11.8 Å². The second-order valence-electron chi connectivity index (χ2n) is 5.38. The molecule has 0 amide bonds. The molecule has 3 heteroatoms. The summed E-state index contributed by atoms with van der Waals surface area (Å²) in [7, 11) is 3.90. The molecule has 100 valence electrons. The van der Waals surface area contributed by atoms with Crippen LogP contribution in [0.1, 0.15) is 23.5 Å². The lowest BCUT2D eigenvalue weighted by molar-refractivity contribution is 0.371. The summed E-state index contributed by atoms with van der Waals surface area (Å²) in [6.45, 7) is 5.17. The summed E-state index contributed by atoms with van der Waals surface area (Å²) in [4.78, 5) is 2.39. The molecule has 1 fully saturated rings. The lowest BCUT2D eigenvalue weighted by Crippen LogP contribution is -2.24. The van der Waals surface area contributed by atoms with E-state index in [1.54, 1.807) is 7.11 Å². The summed E-state index contributed by atoms with van der Waals surface area (Å²) in [5.41, 5.74) is 8.55. The van der Waals surface area contributed by atoms with Crippen molar-refractivity contribution in [2.24, 2.45) is 11.7 Å². The van der Waals surface area contributed by atoms with E-state index in [2.05, 4.69) is 37.1 Å². The van der Waals surface area contributed by atoms with E-state index in [1.165, 1.54) is 24.1 Å². The van der Waals surface area contributed by atoms with Crippen LogP contribution in [0.15, 0.2) is 18.2 Å². The molecule has 2 atom stereocenters. The largest absolute Gasteiger partial charge is 0.496 e. The maximum absolute atomic E-state index is 6.00. The maximum Gasteiger partial charge on any atom is 0.121 e. The molecular formula is C15H24N2O. The quantitative estimate of drug-likeness (QED) is 0.885. The number of nitrogens with zero attached hydrogens (tertiary/aromatic N) is 1. The number of hydrogen-bond donors (Lipinski definition) is 1. The zero-order valence-corrected chi connectivity index (χ0v) is 11.6. The van der Waals surface area contributed by atoms with Crippen LogP contribution in [0, 0.1) is 12.8 Å². The Balaban J connectivity index is 2.19. The van der Waals surface area contributed by atoms with Gasteiger partial charge in [0.05, 0.1) is 7.11 Å². The fourth-order valence-corrected chi connectivity index (χ4v) is 3.03. The number of aryl methyl sites for hydroxylation is 1. The molecule has 1 aromatic rings. The number of nitrogens with two attached hydrogens (primary N) is 1. The molecule has 1 saturated heterocycles. The maximum atomic E-state index is 6.00. The van der Waals surface area contributed by atoms with Crippen LogP contribution in [-0.4, -0.2) is 38.7 Å². The van der Waals surface area contributed by atoms with Crippen LogP contribution in [0.5, 0.6) is 5.75 Å². The Labute approximate surface area is 110 Å². The van der Waals surface area contributed by atoms with Crippen LogP contribution in [-0.2, 0) is 0 Å². The van der Waals surface area contributed by atoms with Crippen molar-refractivity contribution in [1.82, 2.24) is 4.90 Å². The van der Waals surface area contributed by atoms with Crippen LogP contribution in [0.4, 0.5) is 0 Å². The fourth-order valence-electron chi connectivity index (χ4n) is 3.03. The summed E-state index contributed by atoms with van der Waals surface area (Å²) < 4.78 is 5.32. The van der Waals surface area contributed by atoms with E-state index in [9.17, 15) is 0 Å². The lowest BCUT2D eigenvalue weighted by Gasteiger charge is -2.23. The minimum absolute atomic E-state index is 0.472. The van der Waals surface area contributed by atoms with Crippen molar-refractivity contribution < 1.29 is 4.74 Å². The third kappa shape index (κ3) is 2.68. The highest BCUT2D eigenvalue weighted by atomic mass is 16.5. The van der Waals surface area contributed by atoms with E-state index in [1.807, 2.05) is 0 Å². The molecule has 0 bridgehead atoms. The molecule has 0 aliphatic carbocycles. The highest BCUT2D eigenvalue weighted by Crippen LogP contribution is 2.32. The number of likely N-dealkylation sites (tertiary alicyclic amines) is 1. The first kappa shape index (κ1) is 13.4. The topological polar surface area (TPSA) is 38.5 Å². The summed E-state index contributed by atoms with van der Waals surface area (Å²) in [5, 5.41) is 0.